The highest BCUT2D eigenvalue weighted by Gasteiger charge is 2.30. The number of amides is 4. The maximum Gasteiger partial charge on any atom is 0.246 e. The van der Waals surface area contributed by atoms with Crippen LogP contribution in [-0.4, -0.2) is 243 Å². The minimum absolute atomic E-state index is 0.0447. The van der Waals surface area contributed by atoms with Crippen molar-refractivity contribution in [3.8, 4) is 52.3 Å². The minimum Gasteiger partial charge on any atom is -0.508 e. The molecule has 15 heterocycles. The molecule has 4 aliphatic heterocycles. The van der Waals surface area contributed by atoms with Crippen molar-refractivity contribution in [2.45, 2.75) is 34.6 Å². The van der Waals surface area contributed by atoms with Crippen LogP contribution in [0.25, 0.3) is 87.1 Å². The molecule has 127 heavy (non-hydrogen) atoms. The van der Waals surface area contributed by atoms with Crippen molar-refractivity contribution in [3.63, 3.8) is 0 Å². The van der Waals surface area contributed by atoms with Gasteiger partial charge in [0.25, 0.3) is 0 Å². The van der Waals surface area contributed by atoms with Crippen LogP contribution in [0.4, 0.5) is 23.3 Å². The van der Waals surface area contributed by atoms with Crippen molar-refractivity contribution in [1.82, 2.24) is 110 Å². The van der Waals surface area contributed by atoms with E-state index in [1.54, 1.807) is 62.7 Å². The zero-order valence-corrected chi connectivity index (χ0v) is 70.4. The maximum atomic E-state index is 11.9. The molecule has 35 nitrogen and oxygen atoms in total. The van der Waals surface area contributed by atoms with Gasteiger partial charge in [0.1, 0.15) is 99.4 Å². The van der Waals surface area contributed by atoms with Crippen molar-refractivity contribution < 1.29 is 43.2 Å². The molecule has 0 saturated carbocycles. The van der Waals surface area contributed by atoms with Gasteiger partial charge in [0.2, 0.25) is 47.1 Å². The fraction of sp³-hybridized carbons (Fsp3) is 0.228. The van der Waals surface area contributed by atoms with Gasteiger partial charge in [-0.3, -0.25) is 34.5 Å². The lowest BCUT2D eigenvalue weighted by molar-refractivity contribution is -0.127. The number of phenolic OH excluding ortho intramolecular Hbond substituents is 1. The second-order valence-corrected chi connectivity index (χ2v) is 30.5. The highest BCUT2D eigenvalue weighted by molar-refractivity contribution is 5.99. The third-order valence-corrected chi connectivity index (χ3v) is 22.6. The van der Waals surface area contributed by atoms with Gasteiger partial charge < -0.3 is 63.3 Å². The molecule has 0 bridgehead atoms. The summed E-state index contributed by atoms with van der Waals surface area (Å²) in [6, 6.07) is 30.5. The van der Waals surface area contributed by atoms with E-state index in [0.717, 1.165) is 116 Å². The molecular formula is C92H88N26O9. The number of hydrogen-bond acceptors (Lipinski definition) is 28. The molecule has 0 radical (unpaired) electrons. The summed E-state index contributed by atoms with van der Waals surface area (Å²) in [5, 5.41) is 39.2. The Balaban J connectivity index is 0.000000119. The van der Waals surface area contributed by atoms with E-state index in [0.29, 0.717) is 173 Å². The highest BCUT2D eigenvalue weighted by Crippen LogP contribution is 2.42. The molecule has 0 atom stereocenters. The first-order valence-corrected chi connectivity index (χ1v) is 41.2. The topological polar surface area (TPSA) is 392 Å². The van der Waals surface area contributed by atoms with Crippen molar-refractivity contribution in [1.29, 1.82) is 0 Å². The predicted molar refractivity (Wildman–Crippen MR) is 483 cm³/mol. The number of benzene rings is 5. The van der Waals surface area contributed by atoms with Crippen LogP contribution in [0, 0.1) is 34.6 Å². The summed E-state index contributed by atoms with van der Waals surface area (Å²) >= 11 is 0. The van der Waals surface area contributed by atoms with E-state index in [4.69, 9.17) is 18.9 Å². The summed E-state index contributed by atoms with van der Waals surface area (Å²) in [5.74, 6) is 7.34. The fourth-order valence-corrected chi connectivity index (χ4v) is 16.0. The predicted octanol–water partition coefficient (Wildman–Crippen LogP) is 12.6. The summed E-state index contributed by atoms with van der Waals surface area (Å²) in [6.07, 6.45) is 20.1. The molecule has 11 aromatic heterocycles. The van der Waals surface area contributed by atoms with E-state index in [9.17, 15) is 24.3 Å². The van der Waals surface area contributed by atoms with E-state index < -0.39 is 0 Å². The number of aryl methyl sites for hydroxylation is 5. The minimum atomic E-state index is -0.0598. The first kappa shape index (κ1) is 83.1. The Bertz CT molecular complexity index is 6740. The lowest BCUT2D eigenvalue weighted by atomic mass is 10.1. The second kappa shape index (κ2) is 36.4. The van der Waals surface area contributed by atoms with Crippen LogP contribution in [0.15, 0.2) is 204 Å². The molecule has 0 unspecified atom stereocenters. The Labute approximate surface area is 726 Å². The van der Waals surface area contributed by atoms with Gasteiger partial charge >= 0.3 is 0 Å². The number of nitrogens with one attached hydrogen (secondary N) is 3. The highest BCUT2D eigenvalue weighted by atomic mass is 16.5. The Kier molecular flexibility index (Phi) is 23.8. The zero-order chi connectivity index (χ0) is 87.9. The second-order valence-electron chi connectivity index (χ2n) is 30.5. The molecule has 4 aliphatic rings. The Morgan fingerprint density at radius 1 is 0.346 bits per heavy atom. The van der Waals surface area contributed by atoms with Crippen molar-refractivity contribution in [3.05, 3.63) is 232 Å². The molecule has 640 valence electrons. The standard InChI is InChI=1S/C24H21N5O3.2C23H23N7O2.C22H21N7O2/c1-2-21(31)28-9-11-29(12-10-28)23-19-7-8-25-24(22(19)26-15-27-23)32-20-14-17(30)13-16-5-3-4-6-18(16)20;2*1-4-19(31)29-7-9-30(10-8-29)22-16-11-15(3)27-23(20(16)24-13-25-22)32-21-14(2)5-6-18-17(21)12-26-28-18;1-3-18(30)28-8-10-29(11-9-28)21-15-6-7-23-22(19(15)24-13-25-21)31-20-14(2)4-5-17-16(20)12-26-27-17/h2-8,13-15,30H,1,9-12H2;2*4-6,11-13H,1,7-10H2,2-3H3,(H,26,28);3-7,12-13H,1,8-11H2,2H3,(H,26,27). The summed E-state index contributed by atoms with van der Waals surface area (Å²) in [5.41, 5.74) is 9.73. The van der Waals surface area contributed by atoms with Crippen LogP contribution < -0.4 is 38.5 Å². The van der Waals surface area contributed by atoms with Crippen molar-refractivity contribution in [2.75, 3.05) is 124 Å². The number of aromatic amines is 3. The number of rotatable bonds is 16. The number of H-pyrrole nitrogens is 3. The molecule has 5 aromatic carbocycles. The first-order valence-electron chi connectivity index (χ1n) is 41.2. The van der Waals surface area contributed by atoms with Crippen LogP contribution in [0.2, 0.25) is 0 Å². The van der Waals surface area contributed by atoms with Gasteiger partial charge in [-0.25, -0.2) is 59.8 Å². The van der Waals surface area contributed by atoms with Crippen LogP contribution >= 0.6 is 0 Å². The van der Waals surface area contributed by atoms with E-state index in [1.165, 1.54) is 49.6 Å². The number of aromatic nitrogens is 18. The third-order valence-electron chi connectivity index (χ3n) is 22.6. The Morgan fingerprint density at radius 2 is 0.669 bits per heavy atom. The molecule has 4 fully saturated rings. The van der Waals surface area contributed by atoms with Gasteiger partial charge in [-0.2, -0.15) is 15.3 Å². The van der Waals surface area contributed by atoms with Gasteiger partial charge in [0, 0.05) is 151 Å². The molecule has 20 rings (SSSR count). The summed E-state index contributed by atoms with van der Waals surface area (Å²) < 4.78 is 25.1. The fourth-order valence-electron chi connectivity index (χ4n) is 16.0. The number of ether oxygens (including phenoxy) is 4. The molecule has 0 aliphatic carbocycles. The van der Waals surface area contributed by atoms with Crippen LogP contribution in [0.1, 0.15) is 28.1 Å². The molecule has 4 N–H and O–H groups in total. The summed E-state index contributed by atoms with van der Waals surface area (Å²) in [7, 11) is 0. The molecule has 4 amide bonds. The average molecular weight is 1700 g/mol. The molecular weight excluding hydrogens is 1610 g/mol. The van der Waals surface area contributed by atoms with E-state index in [-0.39, 0.29) is 29.4 Å². The van der Waals surface area contributed by atoms with Crippen LogP contribution in [0.5, 0.6) is 52.3 Å². The van der Waals surface area contributed by atoms with Gasteiger partial charge in [0.15, 0.2) is 0 Å². The normalized spacial score (nSPS) is 14.1. The molecule has 4 saturated heterocycles. The molecule has 0 spiro atoms. The SMILES string of the molecule is C=CC(=O)N1CCN(c2ncnc3c(Oc4c(C)ccc5[nH]ncc45)nc(C)cc23)CC1.C=CC(=O)N1CCN(c2ncnc3c(Oc4c(C)ccc5[nH]ncc45)nc(C)cc23)CC1.C=CC(=O)N1CCN(c2ncnc3c(Oc4c(C)ccc5[nH]ncc45)nccc23)CC1.C=CC(=O)N1CCN(c2ncnc3c(Oc4cc(O)cc5ccccc45)nccc23)CC1. The van der Waals surface area contributed by atoms with Gasteiger partial charge in [-0.05, 0) is 130 Å². The quantitative estimate of drug-likeness (QED) is 0.0653. The largest absolute Gasteiger partial charge is 0.508 e. The number of aromatic hydroxyl groups is 1. The molecule has 35 heteroatoms. The van der Waals surface area contributed by atoms with Crippen LogP contribution in [-0.2, 0) is 19.2 Å². The molecule has 16 aromatic rings. The van der Waals surface area contributed by atoms with E-state index in [2.05, 4.69) is 136 Å². The lowest BCUT2D eigenvalue weighted by Gasteiger charge is -2.35. The van der Waals surface area contributed by atoms with Crippen molar-refractivity contribution in [2.24, 2.45) is 0 Å². The number of carbonyl (C=O) groups is 4. The summed E-state index contributed by atoms with van der Waals surface area (Å²) in [4.78, 5) is 118. The van der Waals surface area contributed by atoms with Crippen molar-refractivity contribution >= 4 is 134 Å². The smallest absolute Gasteiger partial charge is 0.246 e. The maximum absolute atomic E-state index is 11.9. The first-order chi connectivity index (χ1) is 61.9. The Hall–Kier alpha value is -16.2. The van der Waals surface area contributed by atoms with Crippen LogP contribution in [0.3, 0.4) is 0 Å². The number of hydrogen-bond donors (Lipinski definition) is 4. The zero-order valence-electron chi connectivity index (χ0n) is 70.4. The van der Waals surface area contributed by atoms with E-state index >= 15 is 0 Å². The number of nitrogens with zero attached hydrogens (tertiary/aromatic N) is 23. The van der Waals surface area contributed by atoms with Gasteiger partial charge in [0.05, 0.1) is 62.1 Å². The number of anilines is 4. The average Bonchev–Trinajstić information content (AvgIpc) is 1.33. The van der Waals surface area contributed by atoms with Gasteiger partial charge in [-0.1, -0.05) is 68.8 Å². The number of pyridine rings is 4. The third kappa shape index (κ3) is 17.3. The number of piperazine rings is 4. The lowest BCUT2D eigenvalue weighted by Crippen LogP contribution is -2.48. The number of phenols is 1. The Morgan fingerprint density at radius 3 is 1.02 bits per heavy atom. The number of fused-ring (bicyclic) bond motifs is 8. The number of carbonyl (C=O) groups excluding carboxylic acids is 4. The summed E-state index contributed by atoms with van der Waals surface area (Å²) in [6.45, 7) is 34.4. The monoisotopic (exact) mass is 1700 g/mol. The van der Waals surface area contributed by atoms with E-state index in [1.807, 2.05) is 120 Å². The van der Waals surface area contributed by atoms with Gasteiger partial charge in [-0.15, -0.1) is 0 Å².